The minimum Gasteiger partial charge on any atom is -0.478 e. The minimum atomic E-state index is -4.81. The van der Waals surface area contributed by atoms with Gasteiger partial charge in [0.15, 0.2) is 5.75 Å². The molecule has 0 aliphatic heterocycles. The van der Waals surface area contributed by atoms with Crippen molar-refractivity contribution >= 4 is 16.4 Å². The molecule has 0 unspecified atom stereocenters. The Morgan fingerprint density at radius 2 is 1.33 bits per heavy atom. The average Bonchev–Trinajstić information content (AvgIpc) is 2.67. The molecule has 0 atom stereocenters. The highest BCUT2D eigenvalue weighted by Crippen LogP contribution is 2.32. The van der Waals surface area contributed by atoms with Gasteiger partial charge in [0.05, 0.1) is 0 Å². The summed E-state index contributed by atoms with van der Waals surface area (Å²) >= 11 is 0. The van der Waals surface area contributed by atoms with Crippen molar-refractivity contribution in [3.8, 4) is 5.75 Å². The highest BCUT2D eigenvalue weighted by molar-refractivity contribution is 7.81. The van der Waals surface area contributed by atoms with Crippen LogP contribution in [0, 0.1) is 0 Å². The maximum atomic E-state index is 11.6. The van der Waals surface area contributed by atoms with Crippen LogP contribution in [0.3, 0.4) is 0 Å². The summed E-state index contributed by atoms with van der Waals surface area (Å²) in [5, 5.41) is 9.49. The summed E-state index contributed by atoms with van der Waals surface area (Å²) in [5.41, 5.74) is 1.26. The van der Waals surface area contributed by atoms with E-state index in [1.807, 2.05) is 0 Å². The molecule has 0 amide bonds. The Kier molecular flexibility index (Phi) is 12.7. The Bertz CT molecular complexity index is 742. The Balaban J connectivity index is 2.99. The number of unbranched alkanes of at least 4 members (excludes halogenated alkanes) is 10. The monoisotopic (exact) mass is 442 g/mol. The first-order chi connectivity index (χ1) is 14.3. The van der Waals surface area contributed by atoms with Gasteiger partial charge in [0.25, 0.3) is 0 Å². The molecule has 0 bridgehead atoms. The summed E-state index contributed by atoms with van der Waals surface area (Å²) in [6, 6.07) is 3.14. The number of carboxylic acid groups (broad SMARTS) is 1. The fourth-order valence-electron chi connectivity index (χ4n) is 3.72. The van der Waals surface area contributed by atoms with Gasteiger partial charge in [0, 0.05) is 5.56 Å². The molecular weight excluding hydrogens is 404 g/mol. The molecule has 0 fully saturated rings. The van der Waals surface area contributed by atoms with Crippen LogP contribution in [0.25, 0.3) is 0 Å². The smallest absolute Gasteiger partial charge is 0.446 e. The van der Waals surface area contributed by atoms with E-state index in [1.54, 1.807) is 6.07 Å². The van der Waals surface area contributed by atoms with Crippen LogP contribution in [0.5, 0.6) is 5.75 Å². The van der Waals surface area contributed by atoms with Crippen LogP contribution < -0.4 is 4.18 Å². The van der Waals surface area contributed by atoms with Crippen LogP contribution >= 0.6 is 0 Å². The Hall–Kier alpha value is -1.60. The van der Waals surface area contributed by atoms with E-state index in [0.29, 0.717) is 12.0 Å². The molecule has 0 aromatic heterocycles. The van der Waals surface area contributed by atoms with Crippen molar-refractivity contribution in [2.75, 3.05) is 0 Å². The number of hydrogen-bond donors (Lipinski definition) is 2. The number of carboxylic acids is 1. The Labute approximate surface area is 182 Å². The maximum Gasteiger partial charge on any atom is 0.446 e. The summed E-state index contributed by atoms with van der Waals surface area (Å²) < 4.78 is 36.8. The molecule has 0 aliphatic rings. The molecule has 0 saturated heterocycles. The predicted octanol–water partition coefficient (Wildman–Crippen LogP) is 6.37. The SMILES string of the molecule is CCCCCCCCc1ccc(C(=O)O)c(OS(=O)(=O)O)c1CCCCCCCC. The van der Waals surface area contributed by atoms with E-state index >= 15 is 0 Å². The van der Waals surface area contributed by atoms with Crippen molar-refractivity contribution in [1.82, 2.24) is 0 Å². The summed E-state index contributed by atoms with van der Waals surface area (Å²) in [6.07, 6.45) is 14.5. The van der Waals surface area contributed by atoms with Crippen LogP contribution in [-0.4, -0.2) is 24.0 Å². The second kappa shape index (κ2) is 14.4. The summed E-state index contributed by atoms with van der Waals surface area (Å²) in [6.45, 7) is 4.33. The quantitative estimate of drug-likeness (QED) is 0.215. The molecular formula is C23H38O6S. The number of hydrogen-bond acceptors (Lipinski definition) is 4. The van der Waals surface area contributed by atoms with E-state index in [4.69, 9.17) is 4.18 Å². The zero-order valence-electron chi connectivity index (χ0n) is 18.5. The molecule has 0 saturated carbocycles. The van der Waals surface area contributed by atoms with Crippen LogP contribution in [0.15, 0.2) is 12.1 Å². The van der Waals surface area contributed by atoms with Crippen molar-refractivity contribution in [1.29, 1.82) is 0 Å². The molecule has 6 nitrogen and oxygen atoms in total. The number of carbonyl (C=O) groups is 1. The fraction of sp³-hybridized carbons (Fsp3) is 0.696. The van der Waals surface area contributed by atoms with Crippen LogP contribution in [0.2, 0.25) is 0 Å². The number of aromatic carboxylic acids is 1. The van der Waals surface area contributed by atoms with Crippen LogP contribution in [0.1, 0.15) is 112 Å². The number of benzene rings is 1. The Morgan fingerprint density at radius 3 is 1.83 bits per heavy atom. The lowest BCUT2D eigenvalue weighted by Gasteiger charge is -2.16. The molecule has 0 aliphatic carbocycles. The average molecular weight is 443 g/mol. The predicted molar refractivity (Wildman–Crippen MR) is 120 cm³/mol. The molecule has 30 heavy (non-hydrogen) atoms. The van der Waals surface area contributed by atoms with Crippen molar-refractivity contribution in [2.24, 2.45) is 0 Å². The second-order valence-corrected chi connectivity index (χ2v) is 8.95. The topological polar surface area (TPSA) is 101 Å². The van der Waals surface area contributed by atoms with Gasteiger partial charge >= 0.3 is 16.4 Å². The largest absolute Gasteiger partial charge is 0.478 e. The molecule has 2 N–H and O–H groups in total. The van der Waals surface area contributed by atoms with Crippen molar-refractivity contribution < 1.29 is 27.1 Å². The molecule has 7 heteroatoms. The van der Waals surface area contributed by atoms with Gasteiger partial charge in [-0.1, -0.05) is 84.1 Å². The van der Waals surface area contributed by atoms with Crippen molar-refractivity contribution in [3.05, 3.63) is 28.8 Å². The van der Waals surface area contributed by atoms with Crippen LogP contribution in [-0.2, 0) is 23.2 Å². The van der Waals surface area contributed by atoms with Gasteiger partial charge in [0.1, 0.15) is 5.56 Å². The van der Waals surface area contributed by atoms with E-state index in [9.17, 15) is 22.9 Å². The Morgan fingerprint density at radius 1 is 0.833 bits per heavy atom. The van der Waals surface area contributed by atoms with E-state index in [-0.39, 0.29) is 11.3 Å². The van der Waals surface area contributed by atoms with Gasteiger partial charge in [-0.3, -0.25) is 4.55 Å². The summed E-state index contributed by atoms with van der Waals surface area (Å²) in [5.74, 6) is -1.51. The molecule has 0 radical (unpaired) electrons. The highest BCUT2D eigenvalue weighted by Gasteiger charge is 2.23. The third-order valence-corrected chi connectivity index (χ3v) is 5.73. The first kappa shape index (κ1) is 26.4. The lowest BCUT2D eigenvalue weighted by molar-refractivity contribution is 0.0695. The van der Waals surface area contributed by atoms with Gasteiger partial charge < -0.3 is 9.29 Å². The van der Waals surface area contributed by atoms with Gasteiger partial charge in [-0.05, 0) is 37.3 Å². The van der Waals surface area contributed by atoms with E-state index in [0.717, 1.165) is 63.4 Å². The second-order valence-electron chi connectivity index (χ2n) is 7.93. The minimum absolute atomic E-state index is 0.234. The number of rotatable bonds is 17. The highest BCUT2D eigenvalue weighted by atomic mass is 32.3. The molecule has 0 spiro atoms. The third kappa shape index (κ3) is 10.4. The molecule has 1 aromatic carbocycles. The first-order valence-electron chi connectivity index (χ1n) is 11.3. The van der Waals surface area contributed by atoms with Gasteiger partial charge in [0.2, 0.25) is 0 Å². The first-order valence-corrected chi connectivity index (χ1v) is 12.7. The zero-order chi connectivity index (χ0) is 22.4. The van der Waals surface area contributed by atoms with Gasteiger partial charge in [-0.15, -0.1) is 0 Å². The molecule has 172 valence electrons. The van der Waals surface area contributed by atoms with E-state index < -0.39 is 16.4 Å². The lowest BCUT2D eigenvalue weighted by Crippen LogP contribution is -2.14. The maximum absolute atomic E-state index is 11.6. The molecule has 0 heterocycles. The van der Waals surface area contributed by atoms with Crippen LogP contribution in [0.4, 0.5) is 0 Å². The number of aryl methyl sites for hydroxylation is 1. The van der Waals surface area contributed by atoms with Gasteiger partial charge in [-0.2, -0.15) is 8.42 Å². The zero-order valence-corrected chi connectivity index (χ0v) is 19.3. The van der Waals surface area contributed by atoms with Crippen molar-refractivity contribution in [2.45, 2.75) is 104 Å². The third-order valence-electron chi connectivity index (χ3n) is 5.36. The normalized spacial score (nSPS) is 11.6. The van der Waals surface area contributed by atoms with E-state index in [2.05, 4.69) is 13.8 Å². The van der Waals surface area contributed by atoms with Crippen molar-refractivity contribution in [3.63, 3.8) is 0 Å². The summed E-state index contributed by atoms with van der Waals surface area (Å²) in [7, 11) is -4.81. The van der Waals surface area contributed by atoms with E-state index in [1.165, 1.54) is 31.7 Å². The summed E-state index contributed by atoms with van der Waals surface area (Å²) in [4.78, 5) is 11.6. The fourth-order valence-corrected chi connectivity index (χ4v) is 4.12. The molecule has 1 aromatic rings. The lowest BCUT2D eigenvalue weighted by atomic mass is 9.93. The molecule has 1 rings (SSSR count). The van der Waals surface area contributed by atoms with Gasteiger partial charge in [-0.25, -0.2) is 4.79 Å². The standard InChI is InChI=1S/C23H38O6S/c1-3-5-7-9-11-13-15-19-17-18-21(23(24)25)22(29-30(26,27)28)20(19)16-14-12-10-8-6-4-2/h17-18H,3-16H2,1-2H3,(H,24,25)(H,26,27,28).